The van der Waals surface area contributed by atoms with Gasteiger partial charge < -0.3 is 20.3 Å². The molecule has 3 aliphatic heterocycles. The van der Waals surface area contributed by atoms with Crippen LogP contribution in [0.3, 0.4) is 0 Å². The molecule has 5 rings (SSSR count). The van der Waals surface area contributed by atoms with Gasteiger partial charge in [-0.3, -0.25) is 9.59 Å². The highest BCUT2D eigenvalue weighted by Crippen LogP contribution is 2.56. The molecule has 10 heteroatoms. The number of nitrogens with two attached hydrogens (primary N) is 1. The molecule has 168 valence electrons. The van der Waals surface area contributed by atoms with Crippen LogP contribution in [0, 0.1) is 5.92 Å². The summed E-state index contributed by atoms with van der Waals surface area (Å²) in [6.07, 6.45) is 0. The topological polar surface area (TPSA) is 136 Å². The van der Waals surface area contributed by atoms with Crippen LogP contribution in [0.25, 0.3) is 0 Å². The van der Waals surface area contributed by atoms with E-state index in [1.54, 1.807) is 25.1 Å². The van der Waals surface area contributed by atoms with E-state index in [1.807, 2.05) is 0 Å². The molecule has 3 N–H and O–H groups in total. The number of carbonyl (C=O) groups is 4. The van der Waals surface area contributed by atoms with Crippen molar-refractivity contribution in [2.75, 3.05) is 11.5 Å². The Morgan fingerprint density at radius 3 is 2.67 bits per heavy atom. The van der Waals surface area contributed by atoms with Gasteiger partial charge >= 0.3 is 11.9 Å². The minimum atomic E-state index is -1.18. The number of rotatable bonds is 4. The smallest absolute Gasteiger partial charge is 0.342 e. The number of thioether (sulfide) groups is 1. The van der Waals surface area contributed by atoms with Crippen LogP contribution in [0.2, 0.25) is 0 Å². The summed E-state index contributed by atoms with van der Waals surface area (Å²) in [5.74, 6) is -4.04. The maximum atomic E-state index is 13.6. The zero-order valence-corrected chi connectivity index (χ0v) is 18.1. The molecule has 0 bridgehead atoms. The van der Waals surface area contributed by atoms with E-state index >= 15 is 0 Å². The summed E-state index contributed by atoms with van der Waals surface area (Å²) >= 11 is 0.953. The number of benzene rings is 2. The predicted molar refractivity (Wildman–Crippen MR) is 118 cm³/mol. The lowest BCUT2D eigenvalue weighted by Gasteiger charge is -2.36. The molecule has 33 heavy (non-hydrogen) atoms. The van der Waals surface area contributed by atoms with Crippen molar-refractivity contribution in [3.8, 4) is 11.5 Å². The number of carboxylic acid groups (broad SMARTS) is 1. The van der Waals surface area contributed by atoms with E-state index in [0.29, 0.717) is 17.9 Å². The predicted octanol–water partition coefficient (Wildman–Crippen LogP) is 2.26. The third-order valence-electron chi connectivity index (χ3n) is 5.90. The van der Waals surface area contributed by atoms with Crippen molar-refractivity contribution < 1.29 is 33.8 Å². The van der Waals surface area contributed by atoms with Gasteiger partial charge in [0.2, 0.25) is 11.8 Å². The highest BCUT2D eigenvalue weighted by Gasteiger charge is 2.59. The number of hydrogen-bond donors (Lipinski definition) is 2. The van der Waals surface area contributed by atoms with Gasteiger partial charge in [-0.05, 0) is 31.2 Å². The average Bonchev–Trinajstić information content (AvgIpc) is 3.04. The van der Waals surface area contributed by atoms with E-state index in [-0.39, 0.29) is 27.6 Å². The summed E-state index contributed by atoms with van der Waals surface area (Å²) in [6.45, 7) is 2.14. The molecule has 2 aromatic rings. The number of para-hydroxylation sites is 1. The molecular formula is C23H18N2O7S. The lowest BCUT2D eigenvalue weighted by molar-refractivity contribution is -0.132. The minimum absolute atomic E-state index is 0.0538. The molecule has 2 amide bonds. The van der Waals surface area contributed by atoms with Gasteiger partial charge in [0, 0.05) is 11.5 Å². The van der Waals surface area contributed by atoms with Crippen LogP contribution in [0.4, 0.5) is 5.69 Å². The Morgan fingerprint density at radius 1 is 1.18 bits per heavy atom. The molecule has 9 nitrogen and oxygen atoms in total. The fourth-order valence-corrected chi connectivity index (χ4v) is 5.79. The van der Waals surface area contributed by atoms with E-state index < -0.39 is 40.8 Å². The zero-order valence-electron chi connectivity index (χ0n) is 17.3. The summed E-state index contributed by atoms with van der Waals surface area (Å²) < 4.78 is 11.1. The number of imide groups is 1. The summed E-state index contributed by atoms with van der Waals surface area (Å²) in [7, 11) is 0. The molecule has 0 saturated carbocycles. The summed E-state index contributed by atoms with van der Waals surface area (Å²) in [5.41, 5.74) is 6.98. The van der Waals surface area contributed by atoms with Crippen molar-refractivity contribution in [2.45, 2.75) is 18.1 Å². The first kappa shape index (κ1) is 21.1. The highest BCUT2D eigenvalue weighted by atomic mass is 32.2. The molecule has 3 heterocycles. The SMILES string of the molecule is CCOc1cccc2c1OC(=O)C1=C(N)S[C@@H]3C(=O)N(c4cccc(C(=O)O)c4)C(=O)[C@H]3[C@@H]12. The van der Waals surface area contributed by atoms with E-state index in [9.17, 15) is 24.3 Å². The van der Waals surface area contributed by atoms with Gasteiger partial charge in [0.1, 0.15) is 5.25 Å². The van der Waals surface area contributed by atoms with Crippen LogP contribution in [0.15, 0.2) is 53.1 Å². The van der Waals surface area contributed by atoms with Gasteiger partial charge in [-0.25, -0.2) is 14.5 Å². The van der Waals surface area contributed by atoms with E-state index in [2.05, 4.69) is 0 Å². The van der Waals surface area contributed by atoms with Crippen LogP contribution in [0.1, 0.15) is 28.8 Å². The maximum absolute atomic E-state index is 13.6. The number of amides is 2. The Hall–Kier alpha value is -3.79. The van der Waals surface area contributed by atoms with Crippen LogP contribution in [0.5, 0.6) is 11.5 Å². The number of carboxylic acids is 1. The number of carbonyl (C=O) groups excluding carboxylic acids is 3. The number of aromatic carboxylic acids is 1. The Balaban J connectivity index is 1.64. The Labute approximate surface area is 192 Å². The molecule has 1 saturated heterocycles. The van der Waals surface area contributed by atoms with Gasteiger partial charge in [-0.1, -0.05) is 30.0 Å². The van der Waals surface area contributed by atoms with Gasteiger partial charge in [0.25, 0.3) is 0 Å². The third kappa shape index (κ3) is 3.09. The molecule has 0 spiro atoms. The monoisotopic (exact) mass is 466 g/mol. The second-order valence-corrected chi connectivity index (χ2v) is 8.87. The Bertz CT molecular complexity index is 1270. The fourth-order valence-electron chi connectivity index (χ4n) is 4.55. The number of fused-ring (bicyclic) bond motifs is 5. The maximum Gasteiger partial charge on any atom is 0.342 e. The molecule has 0 aromatic heterocycles. The number of ether oxygens (including phenoxy) is 2. The number of nitrogens with zero attached hydrogens (tertiary/aromatic N) is 1. The van der Waals surface area contributed by atoms with Crippen LogP contribution >= 0.6 is 11.8 Å². The van der Waals surface area contributed by atoms with Gasteiger partial charge in [-0.2, -0.15) is 0 Å². The Kier molecular flexibility index (Phi) is 4.89. The lowest BCUT2D eigenvalue weighted by atomic mass is 9.77. The van der Waals surface area contributed by atoms with Crippen molar-refractivity contribution in [1.82, 2.24) is 0 Å². The van der Waals surface area contributed by atoms with E-state index in [4.69, 9.17) is 15.2 Å². The fraction of sp³-hybridized carbons (Fsp3) is 0.217. The first-order chi connectivity index (χ1) is 15.8. The zero-order chi connectivity index (χ0) is 23.4. The normalized spacial score (nSPS) is 23.6. The third-order valence-corrected chi connectivity index (χ3v) is 7.12. The quantitative estimate of drug-likeness (QED) is 0.395. The van der Waals surface area contributed by atoms with E-state index in [1.165, 1.54) is 24.3 Å². The van der Waals surface area contributed by atoms with Crippen molar-refractivity contribution in [3.05, 3.63) is 64.2 Å². The summed E-state index contributed by atoms with van der Waals surface area (Å²) in [4.78, 5) is 52.2. The van der Waals surface area contributed by atoms with E-state index in [0.717, 1.165) is 16.7 Å². The van der Waals surface area contributed by atoms with Crippen molar-refractivity contribution in [1.29, 1.82) is 0 Å². The molecule has 0 radical (unpaired) electrons. The van der Waals surface area contributed by atoms with Crippen LogP contribution in [-0.4, -0.2) is 40.7 Å². The molecule has 2 aromatic carbocycles. The molecule has 0 aliphatic carbocycles. The number of hydrogen-bond acceptors (Lipinski definition) is 8. The Morgan fingerprint density at radius 2 is 1.94 bits per heavy atom. The van der Waals surface area contributed by atoms with Crippen molar-refractivity contribution in [2.24, 2.45) is 11.7 Å². The molecule has 0 unspecified atom stereocenters. The summed E-state index contributed by atoms with van der Waals surface area (Å²) in [6, 6.07) is 10.7. The van der Waals surface area contributed by atoms with Gasteiger partial charge in [0.15, 0.2) is 11.5 Å². The van der Waals surface area contributed by atoms with Crippen molar-refractivity contribution in [3.63, 3.8) is 0 Å². The molecule has 3 aliphatic rings. The first-order valence-electron chi connectivity index (χ1n) is 10.2. The lowest BCUT2D eigenvalue weighted by Crippen LogP contribution is -2.39. The van der Waals surface area contributed by atoms with Crippen molar-refractivity contribution >= 4 is 41.2 Å². The average molecular weight is 466 g/mol. The second-order valence-electron chi connectivity index (χ2n) is 7.68. The standard InChI is InChI=1S/C23H18N2O7S/c1-2-31-13-8-4-7-12-14-15-18(33-19(24)16(14)23(30)32-17(12)13)21(27)25(20(15)26)11-6-3-5-10(9-11)22(28)29/h3-9,14-15,18H,2,24H2,1H3,(H,28,29)/t14-,15-,18-/m0/s1. The van der Waals surface area contributed by atoms with Crippen LogP contribution in [-0.2, 0) is 14.4 Å². The van der Waals surface area contributed by atoms with Gasteiger partial charge in [0.05, 0.1) is 34.4 Å². The molecular weight excluding hydrogens is 448 g/mol. The number of esters is 1. The molecule has 3 atom stereocenters. The first-order valence-corrected chi connectivity index (χ1v) is 11.1. The summed E-state index contributed by atoms with van der Waals surface area (Å²) in [5, 5.41) is 8.57. The number of anilines is 1. The van der Waals surface area contributed by atoms with Gasteiger partial charge in [-0.15, -0.1) is 0 Å². The highest BCUT2D eigenvalue weighted by molar-refractivity contribution is 8.04. The van der Waals surface area contributed by atoms with Crippen LogP contribution < -0.4 is 20.1 Å². The largest absolute Gasteiger partial charge is 0.490 e. The minimum Gasteiger partial charge on any atom is -0.490 e. The second kappa shape index (κ2) is 7.66. The molecule has 1 fully saturated rings.